The second kappa shape index (κ2) is 7.93. The molecule has 0 saturated carbocycles. The van der Waals surface area contributed by atoms with Crippen molar-refractivity contribution in [2.45, 2.75) is 19.8 Å². The van der Waals surface area contributed by atoms with Gasteiger partial charge in [-0.3, -0.25) is 9.59 Å². The Morgan fingerprint density at radius 2 is 1.64 bits per heavy atom. The fourth-order valence-electron chi connectivity index (χ4n) is 2.20. The van der Waals surface area contributed by atoms with Crippen LogP contribution in [0.2, 0.25) is 0 Å². The van der Waals surface area contributed by atoms with E-state index < -0.39 is 0 Å². The van der Waals surface area contributed by atoms with Crippen LogP contribution in [0.3, 0.4) is 0 Å². The zero-order valence-corrected chi connectivity index (χ0v) is 12.6. The Balaban J connectivity index is 2.06. The molecular weight excluding hydrogens is 274 g/mol. The third-order valence-electron chi connectivity index (χ3n) is 3.22. The lowest BCUT2D eigenvalue weighted by molar-refractivity contribution is -0.116. The van der Waals surface area contributed by atoms with E-state index in [2.05, 4.69) is 5.32 Å². The van der Waals surface area contributed by atoms with Gasteiger partial charge in [0.25, 0.3) is 0 Å². The van der Waals surface area contributed by atoms with E-state index in [9.17, 15) is 9.59 Å². The first kappa shape index (κ1) is 15.7. The van der Waals surface area contributed by atoms with Crippen molar-refractivity contribution < 1.29 is 9.59 Å². The van der Waals surface area contributed by atoms with Crippen LogP contribution in [0, 0.1) is 0 Å². The summed E-state index contributed by atoms with van der Waals surface area (Å²) in [7, 11) is 0. The van der Waals surface area contributed by atoms with Gasteiger partial charge in [0.15, 0.2) is 5.78 Å². The van der Waals surface area contributed by atoms with Gasteiger partial charge in [0, 0.05) is 12.1 Å². The number of amides is 1. The Labute approximate surface area is 130 Å². The third kappa shape index (κ3) is 4.70. The monoisotopic (exact) mass is 293 g/mol. The van der Waals surface area contributed by atoms with Crippen LogP contribution >= 0.6 is 0 Å². The summed E-state index contributed by atoms with van der Waals surface area (Å²) in [6, 6.07) is 17.0. The number of nitrogens with one attached hydrogen (secondary N) is 1. The van der Waals surface area contributed by atoms with Crippen LogP contribution in [0.15, 0.2) is 66.7 Å². The molecule has 0 atom stereocenters. The van der Waals surface area contributed by atoms with E-state index in [0.717, 1.165) is 11.1 Å². The maximum atomic E-state index is 12.1. The zero-order valence-electron chi connectivity index (χ0n) is 12.6. The molecule has 1 N–H and O–H groups in total. The minimum atomic E-state index is -0.0860. The molecular formula is C19H19NO2. The van der Waals surface area contributed by atoms with Crippen LogP contribution < -0.4 is 5.32 Å². The largest absolute Gasteiger partial charge is 0.326 e. The fraction of sp³-hybridized carbons (Fsp3) is 0.158. The summed E-state index contributed by atoms with van der Waals surface area (Å²) in [5.74, 6) is -0.0654. The molecule has 0 unspecified atom stereocenters. The highest BCUT2D eigenvalue weighted by atomic mass is 16.1. The summed E-state index contributed by atoms with van der Waals surface area (Å²) in [5, 5.41) is 2.89. The summed E-state index contributed by atoms with van der Waals surface area (Å²) in [6.07, 6.45) is 3.87. The van der Waals surface area contributed by atoms with Crippen molar-refractivity contribution in [1.29, 1.82) is 0 Å². The molecule has 0 spiro atoms. The number of carbonyl (C=O) groups is 2. The van der Waals surface area contributed by atoms with E-state index in [1.54, 1.807) is 12.2 Å². The van der Waals surface area contributed by atoms with Gasteiger partial charge in [0.1, 0.15) is 0 Å². The van der Waals surface area contributed by atoms with E-state index in [-0.39, 0.29) is 18.1 Å². The minimum Gasteiger partial charge on any atom is -0.326 e. The van der Waals surface area contributed by atoms with Crippen LogP contribution in [-0.4, -0.2) is 11.7 Å². The van der Waals surface area contributed by atoms with Gasteiger partial charge in [-0.2, -0.15) is 0 Å². The highest BCUT2D eigenvalue weighted by Crippen LogP contribution is 2.16. The molecule has 3 heteroatoms. The molecule has 1 amide bonds. The van der Waals surface area contributed by atoms with Gasteiger partial charge in [0.05, 0.1) is 6.42 Å². The molecule has 0 aliphatic heterocycles. The van der Waals surface area contributed by atoms with Gasteiger partial charge in [-0.15, -0.1) is 0 Å². The molecule has 22 heavy (non-hydrogen) atoms. The highest BCUT2D eigenvalue weighted by Gasteiger charge is 2.09. The van der Waals surface area contributed by atoms with Crippen LogP contribution in [0.4, 0.5) is 5.69 Å². The van der Waals surface area contributed by atoms with Crippen LogP contribution in [-0.2, 0) is 22.4 Å². The summed E-state index contributed by atoms with van der Waals surface area (Å²) >= 11 is 0. The Morgan fingerprint density at radius 1 is 0.955 bits per heavy atom. The Bertz CT molecular complexity index is 675. The molecule has 0 fully saturated rings. The van der Waals surface area contributed by atoms with E-state index >= 15 is 0 Å². The number of carbonyl (C=O) groups excluding carboxylic acids is 2. The molecule has 2 aromatic rings. The maximum Gasteiger partial charge on any atom is 0.228 e. The average Bonchev–Trinajstić information content (AvgIpc) is 2.50. The fourth-order valence-corrected chi connectivity index (χ4v) is 2.20. The van der Waals surface area contributed by atoms with Crippen LogP contribution in [0.25, 0.3) is 0 Å². The molecule has 0 radical (unpaired) electrons. The van der Waals surface area contributed by atoms with E-state index in [0.29, 0.717) is 12.1 Å². The lowest BCUT2D eigenvalue weighted by atomic mass is 10.1. The van der Waals surface area contributed by atoms with Crippen molar-refractivity contribution in [3.05, 3.63) is 77.9 Å². The van der Waals surface area contributed by atoms with Gasteiger partial charge < -0.3 is 5.32 Å². The van der Waals surface area contributed by atoms with E-state index in [4.69, 9.17) is 0 Å². The second-order valence-electron chi connectivity index (χ2n) is 5.01. The highest BCUT2D eigenvalue weighted by molar-refractivity contribution is 5.96. The quantitative estimate of drug-likeness (QED) is 0.828. The van der Waals surface area contributed by atoms with E-state index in [1.807, 2.05) is 61.5 Å². The number of hydrogen-bond donors (Lipinski definition) is 1. The molecule has 0 aliphatic rings. The Hall–Kier alpha value is -2.68. The van der Waals surface area contributed by atoms with Gasteiger partial charge in [-0.25, -0.2) is 0 Å². The van der Waals surface area contributed by atoms with Gasteiger partial charge >= 0.3 is 0 Å². The summed E-state index contributed by atoms with van der Waals surface area (Å²) in [5.41, 5.74) is 2.48. The minimum absolute atomic E-state index is 0.0206. The molecule has 0 heterocycles. The van der Waals surface area contributed by atoms with Crippen LogP contribution in [0.5, 0.6) is 0 Å². The predicted octanol–water partition coefficient (Wildman–Crippen LogP) is 3.56. The lowest BCUT2D eigenvalue weighted by Gasteiger charge is -2.10. The molecule has 0 aromatic heterocycles. The number of anilines is 1. The van der Waals surface area contributed by atoms with Gasteiger partial charge in [-0.05, 0) is 30.2 Å². The van der Waals surface area contributed by atoms with Crippen molar-refractivity contribution in [3.63, 3.8) is 0 Å². The average molecular weight is 293 g/mol. The normalized spacial score (nSPS) is 10.6. The van der Waals surface area contributed by atoms with Crippen molar-refractivity contribution in [2.75, 3.05) is 5.32 Å². The Kier molecular flexibility index (Phi) is 5.66. The number of ketones is 1. The SMILES string of the molecule is C/C=C/C(=O)Cc1ccccc1NC(=O)Cc1ccccc1. The van der Waals surface area contributed by atoms with Crippen molar-refractivity contribution in [2.24, 2.45) is 0 Å². The number of benzene rings is 2. The van der Waals surface area contributed by atoms with E-state index in [1.165, 1.54) is 0 Å². The topological polar surface area (TPSA) is 46.2 Å². The zero-order chi connectivity index (χ0) is 15.8. The smallest absolute Gasteiger partial charge is 0.228 e. The molecule has 0 saturated heterocycles. The first-order chi connectivity index (χ1) is 10.7. The molecule has 112 valence electrons. The number of hydrogen-bond acceptors (Lipinski definition) is 2. The predicted molar refractivity (Wildman–Crippen MR) is 88.7 cm³/mol. The second-order valence-corrected chi connectivity index (χ2v) is 5.01. The lowest BCUT2D eigenvalue weighted by Crippen LogP contribution is -2.16. The number of para-hydroxylation sites is 1. The first-order valence-corrected chi connectivity index (χ1v) is 7.26. The van der Waals surface area contributed by atoms with Gasteiger partial charge in [0.2, 0.25) is 5.91 Å². The molecule has 2 rings (SSSR count). The number of allylic oxidation sites excluding steroid dienone is 2. The molecule has 3 nitrogen and oxygen atoms in total. The van der Waals surface area contributed by atoms with Gasteiger partial charge in [-0.1, -0.05) is 54.6 Å². The van der Waals surface area contributed by atoms with Crippen molar-refractivity contribution in [3.8, 4) is 0 Å². The van der Waals surface area contributed by atoms with Crippen molar-refractivity contribution in [1.82, 2.24) is 0 Å². The third-order valence-corrected chi connectivity index (χ3v) is 3.22. The Morgan fingerprint density at radius 3 is 2.36 bits per heavy atom. The molecule has 2 aromatic carbocycles. The molecule has 0 aliphatic carbocycles. The summed E-state index contributed by atoms with van der Waals surface area (Å²) < 4.78 is 0. The van der Waals surface area contributed by atoms with Crippen LogP contribution in [0.1, 0.15) is 18.1 Å². The molecule has 0 bridgehead atoms. The maximum absolute atomic E-state index is 12.1. The summed E-state index contributed by atoms with van der Waals surface area (Å²) in [4.78, 5) is 23.9. The van der Waals surface area contributed by atoms with Crippen molar-refractivity contribution >= 4 is 17.4 Å². The number of rotatable bonds is 6. The summed E-state index contributed by atoms with van der Waals surface area (Å²) in [6.45, 7) is 1.81. The standard InChI is InChI=1S/C19H19NO2/c1-2-8-17(21)14-16-11-6-7-12-18(16)20-19(22)13-15-9-4-3-5-10-15/h2-12H,13-14H2,1H3,(H,20,22)/b8-2+. The first-order valence-electron chi connectivity index (χ1n) is 7.26.